The molecule has 8 heteroatoms. The number of imidazole rings is 1. The number of methoxy groups -OCH3 is 1. The Hall–Kier alpha value is -3.42. The van der Waals surface area contributed by atoms with Crippen LogP contribution >= 0.6 is 22.9 Å². The van der Waals surface area contributed by atoms with Crippen molar-refractivity contribution in [2.45, 2.75) is 39.0 Å². The Kier molecular flexibility index (Phi) is 6.92. The van der Waals surface area contributed by atoms with Gasteiger partial charge in [-0.1, -0.05) is 57.5 Å². The van der Waals surface area contributed by atoms with Crippen LogP contribution in [0.3, 0.4) is 0 Å². The summed E-state index contributed by atoms with van der Waals surface area (Å²) in [6.07, 6.45) is 3.16. The average molecular weight is 533 g/mol. The van der Waals surface area contributed by atoms with Gasteiger partial charge in [0.1, 0.15) is 18.2 Å². The number of aromatic nitrogens is 4. The number of rotatable bonds is 7. The lowest BCUT2D eigenvalue weighted by Gasteiger charge is -2.28. The highest BCUT2D eigenvalue weighted by Gasteiger charge is 2.27. The van der Waals surface area contributed by atoms with Crippen LogP contribution in [0.25, 0.3) is 28.0 Å². The van der Waals surface area contributed by atoms with E-state index in [-0.39, 0.29) is 11.3 Å². The van der Waals surface area contributed by atoms with Gasteiger partial charge in [0.2, 0.25) is 0 Å². The fourth-order valence-electron chi connectivity index (χ4n) is 4.53. The SMILES string of the molecule is COc1ccc(-c2ccsc2)c(C(C)(C)C)c1OCC(C)c1ccc(-n2cnc3c(Cl)ncnc32)cc1. The van der Waals surface area contributed by atoms with Gasteiger partial charge in [-0.3, -0.25) is 4.57 Å². The van der Waals surface area contributed by atoms with Crippen LogP contribution in [0, 0.1) is 0 Å². The summed E-state index contributed by atoms with van der Waals surface area (Å²) in [5.74, 6) is 1.72. The zero-order valence-electron chi connectivity index (χ0n) is 21.5. The molecule has 0 spiro atoms. The molecular formula is C29H29ClN4O2S. The van der Waals surface area contributed by atoms with Crippen molar-refractivity contribution < 1.29 is 9.47 Å². The standard InChI is InChI=1S/C29H29ClN4O2S/c1-18(19-6-8-21(9-7-19)34-17-33-25-27(30)31-16-32-28(25)34)14-36-26-23(35-5)11-10-22(20-12-13-37-15-20)24(26)29(2,3)4/h6-13,15-18H,14H2,1-5H3. The molecule has 37 heavy (non-hydrogen) atoms. The Morgan fingerprint density at radius 2 is 1.81 bits per heavy atom. The van der Waals surface area contributed by atoms with Crippen LogP contribution in [0.1, 0.15) is 44.7 Å². The summed E-state index contributed by atoms with van der Waals surface area (Å²) in [4.78, 5) is 12.7. The van der Waals surface area contributed by atoms with Crippen molar-refractivity contribution in [2.75, 3.05) is 13.7 Å². The van der Waals surface area contributed by atoms with E-state index in [4.69, 9.17) is 21.1 Å². The van der Waals surface area contributed by atoms with Crippen LogP contribution in [0.15, 0.2) is 65.9 Å². The largest absolute Gasteiger partial charge is 0.493 e. The van der Waals surface area contributed by atoms with E-state index in [9.17, 15) is 0 Å². The summed E-state index contributed by atoms with van der Waals surface area (Å²) in [6, 6.07) is 14.6. The first kappa shape index (κ1) is 25.2. The van der Waals surface area contributed by atoms with Gasteiger partial charge in [-0.2, -0.15) is 11.3 Å². The number of hydrogen-bond acceptors (Lipinski definition) is 6. The minimum absolute atomic E-state index is 0.133. The number of fused-ring (bicyclic) bond motifs is 1. The third kappa shape index (κ3) is 4.93. The van der Waals surface area contributed by atoms with Crippen molar-refractivity contribution in [3.8, 4) is 28.3 Å². The topological polar surface area (TPSA) is 62.1 Å². The predicted octanol–water partition coefficient (Wildman–Crippen LogP) is 7.69. The molecule has 3 aromatic heterocycles. The Balaban J connectivity index is 1.41. The highest BCUT2D eigenvalue weighted by Crippen LogP contribution is 2.45. The molecule has 6 nitrogen and oxygen atoms in total. The van der Waals surface area contributed by atoms with E-state index in [0.29, 0.717) is 22.9 Å². The lowest BCUT2D eigenvalue weighted by atomic mass is 9.81. The molecule has 0 bridgehead atoms. The summed E-state index contributed by atoms with van der Waals surface area (Å²) < 4.78 is 14.2. The van der Waals surface area contributed by atoms with Crippen molar-refractivity contribution in [1.29, 1.82) is 0 Å². The molecule has 0 aliphatic rings. The molecule has 0 amide bonds. The fraction of sp³-hybridized carbons (Fsp3) is 0.276. The molecule has 3 heterocycles. The van der Waals surface area contributed by atoms with E-state index in [1.807, 2.05) is 10.6 Å². The molecule has 0 aliphatic heterocycles. The number of hydrogen-bond donors (Lipinski definition) is 0. The van der Waals surface area contributed by atoms with E-state index in [2.05, 4.69) is 89.8 Å². The van der Waals surface area contributed by atoms with E-state index in [1.165, 1.54) is 23.0 Å². The highest BCUT2D eigenvalue weighted by atomic mass is 35.5. The van der Waals surface area contributed by atoms with Crippen molar-refractivity contribution in [3.63, 3.8) is 0 Å². The number of ether oxygens (including phenoxy) is 2. The lowest BCUT2D eigenvalue weighted by Crippen LogP contribution is -2.17. The maximum atomic E-state index is 6.55. The third-order valence-electron chi connectivity index (χ3n) is 6.43. The Labute approximate surface area is 225 Å². The summed E-state index contributed by atoms with van der Waals surface area (Å²) in [5, 5.41) is 4.63. The van der Waals surface area contributed by atoms with Gasteiger partial charge in [0, 0.05) is 17.2 Å². The van der Waals surface area contributed by atoms with E-state index >= 15 is 0 Å². The van der Waals surface area contributed by atoms with Crippen LogP contribution in [-0.2, 0) is 5.41 Å². The average Bonchev–Trinajstić information content (AvgIpc) is 3.57. The Bertz CT molecular complexity index is 1520. The summed E-state index contributed by atoms with van der Waals surface area (Å²) in [6.45, 7) is 9.32. The number of thiophene rings is 1. The predicted molar refractivity (Wildman–Crippen MR) is 151 cm³/mol. The Morgan fingerprint density at radius 3 is 2.49 bits per heavy atom. The second-order valence-electron chi connectivity index (χ2n) is 10.0. The van der Waals surface area contributed by atoms with Gasteiger partial charge in [-0.25, -0.2) is 15.0 Å². The molecule has 0 radical (unpaired) electrons. The zero-order chi connectivity index (χ0) is 26.2. The maximum absolute atomic E-state index is 6.55. The molecule has 0 fully saturated rings. The van der Waals surface area contributed by atoms with Gasteiger partial charge >= 0.3 is 0 Å². The van der Waals surface area contributed by atoms with Crippen LogP contribution < -0.4 is 9.47 Å². The van der Waals surface area contributed by atoms with Crippen LogP contribution in [0.2, 0.25) is 5.15 Å². The molecule has 1 unspecified atom stereocenters. The minimum Gasteiger partial charge on any atom is -0.493 e. The van der Waals surface area contributed by atoms with Crippen molar-refractivity contribution >= 4 is 34.1 Å². The molecular weight excluding hydrogens is 504 g/mol. The smallest absolute Gasteiger partial charge is 0.169 e. The number of nitrogens with zero attached hydrogens (tertiary/aromatic N) is 4. The molecule has 0 saturated heterocycles. The number of halogens is 1. The Morgan fingerprint density at radius 1 is 1.03 bits per heavy atom. The van der Waals surface area contributed by atoms with Crippen LogP contribution in [0.5, 0.6) is 11.5 Å². The summed E-state index contributed by atoms with van der Waals surface area (Å²) in [7, 11) is 1.69. The quantitative estimate of drug-likeness (QED) is 0.201. The monoisotopic (exact) mass is 532 g/mol. The normalized spacial score (nSPS) is 12.6. The second-order valence-corrected chi connectivity index (χ2v) is 11.2. The first-order chi connectivity index (χ1) is 17.8. The highest BCUT2D eigenvalue weighted by molar-refractivity contribution is 7.08. The maximum Gasteiger partial charge on any atom is 0.169 e. The van der Waals surface area contributed by atoms with Gasteiger partial charge in [-0.15, -0.1) is 0 Å². The van der Waals surface area contributed by atoms with Gasteiger partial charge in [-0.05, 0) is 57.1 Å². The third-order valence-corrected chi connectivity index (χ3v) is 7.39. The molecule has 0 saturated carbocycles. The minimum atomic E-state index is -0.133. The van der Waals surface area contributed by atoms with Crippen molar-refractivity contribution in [3.05, 3.63) is 82.2 Å². The fourth-order valence-corrected chi connectivity index (χ4v) is 5.37. The van der Waals surface area contributed by atoms with Crippen molar-refractivity contribution in [1.82, 2.24) is 19.5 Å². The molecule has 5 aromatic rings. The van der Waals surface area contributed by atoms with Gasteiger partial charge in [0.05, 0.1) is 13.7 Å². The molecule has 1 atom stereocenters. The number of benzene rings is 2. The van der Waals surface area contributed by atoms with Crippen molar-refractivity contribution in [2.24, 2.45) is 0 Å². The first-order valence-corrected chi connectivity index (χ1v) is 13.4. The first-order valence-electron chi connectivity index (χ1n) is 12.1. The zero-order valence-corrected chi connectivity index (χ0v) is 23.1. The van der Waals surface area contributed by atoms with Crippen LogP contribution in [-0.4, -0.2) is 33.2 Å². The van der Waals surface area contributed by atoms with Gasteiger partial charge in [0.15, 0.2) is 22.3 Å². The van der Waals surface area contributed by atoms with Gasteiger partial charge in [0.25, 0.3) is 0 Å². The van der Waals surface area contributed by atoms with E-state index in [0.717, 1.165) is 22.7 Å². The van der Waals surface area contributed by atoms with E-state index in [1.54, 1.807) is 24.8 Å². The van der Waals surface area contributed by atoms with Crippen LogP contribution in [0.4, 0.5) is 0 Å². The molecule has 0 N–H and O–H groups in total. The molecule has 2 aromatic carbocycles. The van der Waals surface area contributed by atoms with E-state index < -0.39 is 0 Å². The molecule has 190 valence electrons. The molecule has 5 rings (SSSR count). The second kappa shape index (κ2) is 10.1. The lowest BCUT2D eigenvalue weighted by molar-refractivity contribution is 0.270. The summed E-state index contributed by atoms with van der Waals surface area (Å²) >= 11 is 7.86. The molecule has 0 aliphatic carbocycles. The van der Waals surface area contributed by atoms with Gasteiger partial charge < -0.3 is 9.47 Å². The summed E-state index contributed by atoms with van der Waals surface area (Å²) in [5.41, 5.74) is 6.79.